The highest BCUT2D eigenvalue weighted by molar-refractivity contribution is 7.98. The fraction of sp³-hybridized carbons (Fsp3) is 0.154. The molecule has 100 valence electrons. The molecule has 0 unspecified atom stereocenters. The van der Waals surface area contributed by atoms with Crippen molar-refractivity contribution in [1.29, 1.82) is 0 Å². The molecule has 0 atom stereocenters. The molecule has 1 amide bonds. The summed E-state index contributed by atoms with van der Waals surface area (Å²) in [4.78, 5) is 15.8. The van der Waals surface area contributed by atoms with E-state index in [4.69, 9.17) is 23.2 Å². The summed E-state index contributed by atoms with van der Waals surface area (Å²) in [6.07, 6.45) is 2.02. The average Bonchev–Trinajstić information content (AvgIpc) is 2.77. The van der Waals surface area contributed by atoms with E-state index >= 15 is 0 Å². The fourth-order valence-corrected chi connectivity index (χ4v) is 2.27. The molecule has 0 saturated heterocycles. The monoisotopic (exact) mass is 314 g/mol. The van der Waals surface area contributed by atoms with E-state index in [0.29, 0.717) is 17.3 Å². The van der Waals surface area contributed by atoms with Crippen LogP contribution in [-0.2, 0) is 6.54 Å². The Morgan fingerprint density at radius 1 is 1.32 bits per heavy atom. The number of halogens is 2. The molecular weight excluding hydrogens is 303 g/mol. The molecule has 2 rings (SSSR count). The first-order valence-corrected chi connectivity index (χ1v) is 7.53. The van der Waals surface area contributed by atoms with Gasteiger partial charge in [0.15, 0.2) is 0 Å². The van der Waals surface area contributed by atoms with Crippen molar-refractivity contribution in [3.63, 3.8) is 0 Å². The first-order valence-electron chi connectivity index (χ1n) is 5.55. The average molecular weight is 315 g/mol. The van der Waals surface area contributed by atoms with Gasteiger partial charge in [-0.1, -0.05) is 35.3 Å². The lowest BCUT2D eigenvalue weighted by Crippen LogP contribution is -2.23. The van der Waals surface area contributed by atoms with Gasteiger partial charge in [0.2, 0.25) is 0 Å². The molecule has 1 aromatic heterocycles. The van der Waals surface area contributed by atoms with E-state index < -0.39 is 0 Å². The summed E-state index contributed by atoms with van der Waals surface area (Å²) in [6.45, 7) is 0.460. The Morgan fingerprint density at radius 3 is 2.53 bits per heavy atom. The quantitative estimate of drug-likeness (QED) is 0.839. The van der Waals surface area contributed by atoms with Gasteiger partial charge in [-0.05, 0) is 30.0 Å². The van der Waals surface area contributed by atoms with Crippen LogP contribution in [0.25, 0.3) is 0 Å². The van der Waals surface area contributed by atoms with E-state index in [-0.39, 0.29) is 11.1 Å². The third-order valence-corrected chi connectivity index (χ3v) is 4.02. The molecule has 6 heteroatoms. The van der Waals surface area contributed by atoms with Crippen LogP contribution in [0.2, 0.25) is 10.2 Å². The van der Waals surface area contributed by atoms with Gasteiger partial charge >= 0.3 is 0 Å². The van der Waals surface area contributed by atoms with Crippen molar-refractivity contribution in [3.8, 4) is 0 Å². The molecule has 0 aliphatic carbocycles. The first-order chi connectivity index (χ1) is 9.10. The molecule has 0 aliphatic rings. The van der Waals surface area contributed by atoms with Crippen LogP contribution in [-0.4, -0.2) is 17.1 Å². The number of H-pyrrole nitrogens is 1. The highest BCUT2D eigenvalue weighted by atomic mass is 35.5. The van der Waals surface area contributed by atoms with Crippen LogP contribution in [0, 0.1) is 0 Å². The smallest absolute Gasteiger partial charge is 0.268 e. The zero-order chi connectivity index (χ0) is 13.8. The lowest BCUT2D eigenvalue weighted by atomic mass is 10.2. The van der Waals surface area contributed by atoms with Gasteiger partial charge < -0.3 is 10.3 Å². The van der Waals surface area contributed by atoms with E-state index in [1.54, 1.807) is 11.8 Å². The van der Waals surface area contributed by atoms with E-state index in [0.717, 1.165) is 5.56 Å². The second-order valence-corrected chi connectivity index (χ2v) is 5.54. The summed E-state index contributed by atoms with van der Waals surface area (Å²) in [5, 5.41) is 3.42. The van der Waals surface area contributed by atoms with Gasteiger partial charge in [-0.2, -0.15) is 0 Å². The second kappa shape index (κ2) is 6.37. The Labute approximate surface area is 125 Å². The zero-order valence-electron chi connectivity index (χ0n) is 10.2. The highest BCUT2D eigenvalue weighted by Gasteiger charge is 2.11. The lowest BCUT2D eigenvalue weighted by Gasteiger charge is -2.04. The van der Waals surface area contributed by atoms with Crippen molar-refractivity contribution in [3.05, 3.63) is 51.8 Å². The van der Waals surface area contributed by atoms with E-state index in [1.165, 1.54) is 11.0 Å². The van der Waals surface area contributed by atoms with Crippen LogP contribution in [0.5, 0.6) is 0 Å². The van der Waals surface area contributed by atoms with Gasteiger partial charge in [0.05, 0.1) is 5.02 Å². The van der Waals surface area contributed by atoms with Crippen molar-refractivity contribution in [2.75, 3.05) is 6.26 Å². The number of amides is 1. The minimum atomic E-state index is -0.234. The van der Waals surface area contributed by atoms with E-state index in [1.807, 2.05) is 30.5 Å². The summed E-state index contributed by atoms with van der Waals surface area (Å²) in [5.41, 5.74) is 1.39. The number of benzene rings is 1. The predicted molar refractivity (Wildman–Crippen MR) is 80.2 cm³/mol. The molecule has 1 aromatic carbocycles. The Hall–Kier alpha value is -1.10. The molecule has 0 aliphatic heterocycles. The number of aromatic amines is 1. The topological polar surface area (TPSA) is 44.9 Å². The van der Waals surface area contributed by atoms with Crippen molar-refractivity contribution in [2.45, 2.75) is 11.4 Å². The maximum atomic E-state index is 11.8. The van der Waals surface area contributed by atoms with Gasteiger partial charge in [-0.25, -0.2) is 0 Å². The second-order valence-electron chi connectivity index (χ2n) is 3.88. The molecule has 1 heterocycles. The molecule has 0 saturated carbocycles. The van der Waals surface area contributed by atoms with Gasteiger partial charge in [-0.15, -0.1) is 11.8 Å². The van der Waals surface area contributed by atoms with Crippen LogP contribution in [0.3, 0.4) is 0 Å². The molecule has 0 fully saturated rings. The van der Waals surface area contributed by atoms with E-state index in [2.05, 4.69) is 10.3 Å². The van der Waals surface area contributed by atoms with E-state index in [9.17, 15) is 4.79 Å². The molecule has 2 N–H and O–H groups in total. The van der Waals surface area contributed by atoms with Crippen molar-refractivity contribution in [2.24, 2.45) is 0 Å². The van der Waals surface area contributed by atoms with Crippen LogP contribution >= 0.6 is 35.0 Å². The predicted octanol–water partition coefficient (Wildman–Crippen LogP) is 3.97. The summed E-state index contributed by atoms with van der Waals surface area (Å²) in [5.74, 6) is -0.234. The Kier molecular flexibility index (Phi) is 4.80. The Bertz CT molecular complexity index is 561. The number of thioether (sulfide) groups is 1. The minimum Gasteiger partial charge on any atom is -0.347 e. The number of rotatable bonds is 4. The van der Waals surface area contributed by atoms with Crippen molar-refractivity contribution < 1.29 is 4.79 Å². The van der Waals surface area contributed by atoms with Crippen LogP contribution in [0.15, 0.2) is 35.2 Å². The fourth-order valence-electron chi connectivity index (χ4n) is 1.55. The highest BCUT2D eigenvalue weighted by Crippen LogP contribution is 2.21. The molecular formula is C13H12Cl2N2OS. The maximum absolute atomic E-state index is 11.8. The largest absolute Gasteiger partial charge is 0.347 e. The Balaban J connectivity index is 1.96. The Morgan fingerprint density at radius 2 is 2.00 bits per heavy atom. The first kappa shape index (κ1) is 14.3. The zero-order valence-corrected chi connectivity index (χ0v) is 12.5. The van der Waals surface area contributed by atoms with Gasteiger partial charge in [0, 0.05) is 11.4 Å². The number of carbonyl (C=O) groups excluding carboxylic acids is 1. The standard InChI is InChI=1S/C13H12Cl2N2OS/c1-19-9-4-2-8(3-5-9)7-16-13(18)11-6-10(14)12(15)17-11/h2-6,17H,7H2,1H3,(H,16,18). The van der Waals surface area contributed by atoms with Crippen LogP contribution < -0.4 is 5.32 Å². The number of hydrogen-bond acceptors (Lipinski definition) is 2. The summed E-state index contributed by atoms with van der Waals surface area (Å²) < 4.78 is 0. The normalized spacial score (nSPS) is 10.5. The maximum Gasteiger partial charge on any atom is 0.268 e. The molecule has 3 nitrogen and oxygen atoms in total. The van der Waals surface area contributed by atoms with Crippen molar-refractivity contribution >= 4 is 40.9 Å². The minimum absolute atomic E-state index is 0.234. The lowest BCUT2D eigenvalue weighted by molar-refractivity contribution is 0.0946. The number of nitrogens with one attached hydrogen (secondary N) is 2. The van der Waals surface area contributed by atoms with Gasteiger partial charge in [-0.3, -0.25) is 4.79 Å². The molecule has 0 radical (unpaired) electrons. The third kappa shape index (κ3) is 3.69. The van der Waals surface area contributed by atoms with Crippen LogP contribution in [0.1, 0.15) is 16.1 Å². The molecule has 0 spiro atoms. The third-order valence-electron chi connectivity index (χ3n) is 2.58. The molecule has 0 bridgehead atoms. The number of hydrogen-bond donors (Lipinski definition) is 2. The molecule has 19 heavy (non-hydrogen) atoms. The summed E-state index contributed by atoms with van der Waals surface area (Å²) in [7, 11) is 0. The van der Waals surface area contributed by atoms with Crippen LogP contribution in [0.4, 0.5) is 0 Å². The van der Waals surface area contributed by atoms with Crippen molar-refractivity contribution in [1.82, 2.24) is 10.3 Å². The van der Waals surface area contributed by atoms with Gasteiger partial charge in [0.25, 0.3) is 5.91 Å². The van der Waals surface area contributed by atoms with Gasteiger partial charge in [0.1, 0.15) is 10.8 Å². The summed E-state index contributed by atoms with van der Waals surface area (Å²) >= 11 is 13.2. The molecule has 2 aromatic rings. The SMILES string of the molecule is CSc1ccc(CNC(=O)c2cc(Cl)c(Cl)[nH]2)cc1. The number of carbonyl (C=O) groups is 1. The summed E-state index contributed by atoms with van der Waals surface area (Å²) in [6, 6.07) is 9.53. The number of aromatic nitrogens is 1.